The summed E-state index contributed by atoms with van der Waals surface area (Å²) < 4.78 is 35.2. The second-order valence-corrected chi connectivity index (χ2v) is 4.85. The molecule has 15 heavy (non-hydrogen) atoms. The van der Waals surface area contributed by atoms with Crippen LogP contribution in [0.25, 0.3) is 0 Å². The van der Waals surface area contributed by atoms with Gasteiger partial charge in [-0.15, -0.1) is 0 Å². The molecule has 1 N–H and O–H groups in total. The van der Waals surface area contributed by atoms with Gasteiger partial charge in [0.15, 0.2) is 0 Å². The summed E-state index contributed by atoms with van der Waals surface area (Å²) in [5.41, 5.74) is 0. The summed E-state index contributed by atoms with van der Waals surface area (Å²) in [7, 11) is 0. The standard InChI is InChI=1S/C10H19F3OS/c1-9(14)8-15-7-5-3-2-4-6-10(11,12)13/h9,14H,2-8H2,1H3/t9-/m1/s1. The first-order chi connectivity index (χ1) is 6.92. The molecule has 0 aliphatic carbocycles. The van der Waals surface area contributed by atoms with Crippen molar-refractivity contribution in [2.75, 3.05) is 11.5 Å². The fraction of sp³-hybridized carbons (Fsp3) is 1.00. The number of alkyl halides is 3. The highest BCUT2D eigenvalue weighted by Crippen LogP contribution is 2.23. The van der Waals surface area contributed by atoms with E-state index in [9.17, 15) is 13.2 Å². The second kappa shape index (κ2) is 8.28. The van der Waals surface area contributed by atoms with Crippen molar-refractivity contribution in [3.05, 3.63) is 0 Å². The molecule has 0 heterocycles. The first-order valence-electron chi connectivity index (χ1n) is 5.24. The van der Waals surface area contributed by atoms with Gasteiger partial charge in [-0.1, -0.05) is 12.8 Å². The SMILES string of the molecule is C[C@@H](O)CSCCCCCCC(F)(F)F. The van der Waals surface area contributed by atoms with Crippen molar-refractivity contribution in [3.8, 4) is 0 Å². The van der Waals surface area contributed by atoms with Crippen LogP contribution >= 0.6 is 11.8 Å². The molecular formula is C10H19F3OS. The van der Waals surface area contributed by atoms with Gasteiger partial charge in [0.25, 0.3) is 0 Å². The monoisotopic (exact) mass is 244 g/mol. The molecular weight excluding hydrogens is 225 g/mol. The van der Waals surface area contributed by atoms with Crippen molar-refractivity contribution in [2.24, 2.45) is 0 Å². The third-order valence-corrected chi connectivity index (χ3v) is 3.15. The molecule has 0 rings (SSSR count). The lowest BCUT2D eigenvalue weighted by Gasteiger charge is -2.06. The van der Waals surface area contributed by atoms with E-state index in [4.69, 9.17) is 5.11 Å². The Balaban J connectivity index is 3.06. The van der Waals surface area contributed by atoms with Crippen molar-refractivity contribution >= 4 is 11.8 Å². The molecule has 0 fully saturated rings. The number of aliphatic hydroxyl groups is 1. The molecule has 0 aliphatic heterocycles. The van der Waals surface area contributed by atoms with E-state index in [-0.39, 0.29) is 12.5 Å². The maximum absolute atomic E-state index is 11.7. The van der Waals surface area contributed by atoms with Gasteiger partial charge in [0.05, 0.1) is 6.10 Å². The zero-order chi connectivity index (χ0) is 11.7. The first kappa shape index (κ1) is 15.1. The van der Waals surface area contributed by atoms with E-state index in [0.717, 1.165) is 18.6 Å². The summed E-state index contributed by atoms with van der Waals surface area (Å²) in [6, 6.07) is 0. The predicted molar refractivity (Wildman–Crippen MR) is 58.1 cm³/mol. The largest absolute Gasteiger partial charge is 0.393 e. The smallest absolute Gasteiger partial charge is 0.389 e. The average Bonchev–Trinajstić information content (AvgIpc) is 2.07. The molecule has 92 valence electrons. The molecule has 0 aliphatic rings. The molecule has 0 radical (unpaired) electrons. The van der Waals surface area contributed by atoms with Crippen LogP contribution in [0.1, 0.15) is 39.0 Å². The Morgan fingerprint density at radius 1 is 1.13 bits per heavy atom. The lowest BCUT2D eigenvalue weighted by Crippen LogP contribution is -2.06. The maximum atomic E-state index is 11.7. The van der Waals surface area contributed by atoms with Crippen molar-refractivity contribution < 1.29 is 18.3 Å². The summed E-state index contributed by atoms with van der Waals surface area (Å²) in [6.45, 7) is 1.73. The summed E-state index contributed by atoms with van der Waals surface area (Å²) in [4.78, 5) is 0. The molecule has 5 heteroatoms. The van der Waals surface area contributed by atoms with Crippen LogP contribution in [0.15, 0.2) is 0 Å². The van der Waals surface area contributed by atoms with E-state index in [2.05, 4.69) is 0 Å². The number of thioether (sulfide) groups is 1. The second-order valence-electron chi connectivity index (χ2n) is 3.70. The molecule has 0 aromatic heterocycles. The number of unbranched alkanes of at least 4 members (excludes halogenated alkanes) is 3. The Labute approximate surface area is 93.4 Å². The zero-order valence-electron chi connectivity index (χ0n) is 9.02. The highest BCUT2D eigenvalue weighted by molar-refractivity contribution is 7.99. The summed E-state index contributed by atoms with van der Waals surface area (Å²) in [5, 5.41) is 8.94. The van der Waals surface area contributed by atoms with E-state index in [0.29, 0.717) is 12.2 Å². The Morgan fingerprint density at radius 2 is 1.73 bits per heavy atom. The van der Waals surface area contributed by atoms with Crippen LogP contribution < -0.4 is 0 Å². The van der Waals surface area contributed by atoms with Gasteiger partial charge in [-0.25, -0.2) is 0 Å². The fourth-order valence-electron chi connectivity index (χ4n) is 1.14. The molecule has 0 aromatic carbocycles. The quantitative estimate of drug-likeness (QED) is 0.658. The third-order valence-electron chi connectivity index (χ3n) is 1.86. The fourth-order valence-corrected chi connectivity index (χ4v) is 2.05. The highest BCUT2D eigenvalue weighted by Gasteiger charge is 2.25. The number of halogens is 3. The van der Waals surface area contributed by atoms with Gasteiger partial charge in [0.2, 0.25) is 0 Å². The minimum absolute atomic E-state index is 0.241. The van der Waals surface area contributed by atoms with Crippen molar-refractivity contribution in [2.45, 2.75) is 51.3 Å². The van der Waals surface area contributed by atoms with E-state index >= 15 is 0 Å². The van der Waals surface area contributed by atoms with Crippen molar-refractivity contribution in [1.29, 1.82) is 0 Å². The molecule has 0 saturated heterocycles. The normalized spacial score (nSPS) is 14.2. The van der Waals surface area contributed by atoms with Gasteiger partial charge in [0.1, 0.15) is 0 Å². The molecule has 0 unspecified atom stereocenters. The van der Waals surface area contributed by atoms with Crippen LogP contribution in [-0.4, -0.2) is 28.9 Å². The van der Waals surface area contributed by atoms with Gasteiger partial charge >= 0.3 is 6.18 Å². The minimum atomic E-state index is -4.00. The molecule has 1 atom stereocenters. The van der Waals surface area contributed by atoms with E-state index in [1.807, 2.05) is 0 Å². The van der Waals surface area contributed by atoms with Crippen LogP contribution in [-0.2, 0) is 0 Å². The number of hydrogen-bond donors (Lipinski definition) is 1. The van der Waals surface area contributed by atoms with Crippen LogP contribution in [0.2, 0.25) is 0 Å². The van der Waals surface area contributed by atoms with Gasteiger partial charge in [-0.3, -0.25) is 0 Å². The van der Waals surface area contributed by atoms with E-state index in [1.54, 1.807) is 18.7 Å². The highest BCUT2D eigenvalue weighted by atomic mass is 32.2. The van der Waals surface area contributed by atoms with Crippen LogP contribution in [0.5, 0.6) is 0 Å². The Kier molecular flexibility index (Phi) is 8.33. The molecule has 0 saturated carbocycles. The zero-order valence-corrected chi connectivity index (χ0v) is 9.83. The van der Waals surface area contributed by atoms with Crippen LogP contribution in [0.3, 0.4) is 0 Å². The minimum Gasteiger partial charge on any atom is -0.393 e. The summed E-state index contributed by atoms with van der Waals surface area (Å²) in [5.74, 6) is 1.64. The molecule has 0 spiro atoms. The van der Waals surface area contributed by atoms with E-state index < -0.39 is 12.6 Å². The van der Waals surface area contributed by atoms with Crippen molar-refractivity contribution in [3.63, 3.8) is 0 Å². The Bertz CT molecular complexity index is 148. The van der Waals surface area contributed by atoms with E-state index in [1.165, 1.54) is 0 Å². The molecule has 0 aromatic rings. The van der Waals surface area contributed by atoms with Crippen LogP contribution in [0.4, 0.5) is 13.2 Å². The lowest BCUT2D eigenvalue weighted by molar-refractivity contribution is -0.135. The summed E-state index contributed by atoms with van der Waals surface area (Å²) in [6.07, 6.45) is -2.27. The third kappa shape index (κ3) is 14.1. The topological polar surface area (TPSA) is 20.2 Å². The lowest BCUT2D eigenvalue weighted by atomic mass is 10.1. The predicted octanol–water partition coefficient (Wildman–Crippen LogP) is 3.61. The molecule has 0 bridgehead atoms. The van der Waals surface area contributed by atoms with Crippen LogP contribution in [0, 0.1) is 0 Å². The van der Waals surface area contributed by atoms with Gasteiger partial charge < -0.3 is 5.11 Å². The van der Waals surface area contributed by atoms with Gasteiger partial charge in [-0.05, 0) is 25.5 Å². The number of aliphatic hydroxyl groups excluding tert-OH is 1. The maximum Gasteiger partial charge on any atom is 0.389 e. The molecule has 1 nitrogen and oxygen atoms in total. The Hall–Kier alpha value is 0.100. The number of hydrogen-bond acceptors (Lipinski definition) is 2. The Morgan fingerprint density at radius 3 is 2.27 bits per heavy atom. The number of rotatable bonds is 8. The van der Waals surface area contributed by atoms with Crippen molar-refractivity contribution in [1.82, 2.24) is 0 Å². The van der Waals surface area contributed by atoms with Gasteiger partial charge in [-0.2, -0.15) is 24.9 Å². The first-order valence-corrected chi connectivity index (χ1v) is 6.40. The summed E-state index contributed by atoms with van der Waals surface area (Å²) >= 11 is 1.65. The van der Waals surface area contributed by atoms with Gasteiger partial charge in [0, 0.05) is 12.2 Å². The average molecular weight is 244 g/mol. The molecule has 0 amide bonds.